The van der Waals surface area contributed by atoms with Crippen LogP contribution in [0.25, 0.3) is 0 Å². The molecule has 13 heavy (non-hydrogen) atoms. The van der Waals surface area contributed by atoms with Gasteiger partial charge in [-0.05, 0) is 12.8 Å². The van der Waals surface area contributed by atoms with Gasteiger partial charge >= 0.3 is 0 Å². The SMILES string of the molecule is N#Cc1cc(N)nc(C2CCC2)n1. The van der Waals surface area contributed by atoms with Crippen molar-refractivity contribution in [1.29, 1.82) is 5.26 Å². The summed E-state index contributed by atoms with van der Waals surface area (Å²) in [6, 6.07) is 3.48. The smallest absolute Gasteiger partial charge is 0.146 e. The van der Waals surface area contributed by atoms with Gasteiger partial charge in [-0.25, -0.2) is 9.97 Å². The standard InChI is InChI=1S/C9H10N4/c10-5-7-4-8(11)13-9(12-7)6-2-1-3-6/h4,6H,1-3H2,(H2,11,12,13). The lowest BCUT2D eigenvalue weighted by atomic mass is 9.85. The van der Waals surface area contributed by atoms with Gasteiger partial charge in [-0.1, -0.05) is 6.42 Å². The monoisotopic (exact) mass is 174 g/mol. The van der Waals surface area contributed by atoms with E-state index >= 15 is 0 Å². The molecule has 66 valence electrons. The summed E-state index contributed by atoms with van der Waals surface area (Å²) in [6.07, 6.45) is 3.47. The topological polar surface area (TPSA) is 75.6 Å². The number of nitrogens with two attached hydrogens (primary N) is 1. The second kappa shape index (κ2) is 3.02. The van der Waals surface area contributed by atoms with Gasteiger partial charge < -0.3 is 5.73 Å². The van der Waals surface area contributed by atoms with Crippen molar-refractivity contribution in [1.82, 2.24) is 9.97 Å². The normalized spacial score (nSPS) is 16.2. The zero-order valence-corrected chi connectivity index (χ0v) is 7.20. The molecule has 0 bridgehead atoms. The molecule has 1 aromatic rings. The number of nitrogen functional groups attached to an aromatic ring is 1. The van der Waals surface area contributed by atoms with E-state index in [9.17, 15) is 0 Å². The summed E-state index contributed by atoms with van der Waals surface area (Å²) in [5, 5.41) is 8.66. The minimum absolute atomic E-state index is 0.370. The summed E-state index contributed by atoms with van der Waals surface area (Å²) >= 11 is 0. The average Bonchev–Trinajstić information content (AvgIpc) is 2.00. The maximum atomic E-state index is 8.66. The van der Waals surface area contributed by atoms with Crippen LogP contribution < -0.4 is 5.73 Å². The van der Waals surface area contributed by atoms with Crippen molar-refractivity contribution < 1.29 is 0 Å². The van der Waals surface area contributed by atoms with E-state index in [4.69, 9.17) is 11.0 Å². The number of anilines is 1. The van der Waals surface area contributed by atoms with Crippen LogP contribution in [0.5, 0.6) is 0 Å². The van der Waals surface area contributed by atoms with E-state index in [0.29, 0.717) is 17.4 Å². The van der Waals surface area contributed by atoms with E-state index in [0.717, 1.165) is 18.7 Å². The van der Waals surface area contributed by atoms with E-state index in [-0.39, 0.29) is 0 Å². The zero-order valence-electron chi connectivity index (χ0n) is 7.20. The summed E-state index contributed by atoms with van der Waals surface area (Å²) in [5.74, 6) is 1.56. The first-order chi connectivity index (χ1) is 6.29. The molecule has 2 N–H and O–H groups in total. The highest BCUT2D eigenvalue weighted by molar-refractivity contribution is 5.35. The van der Waals surface area contributed by atoms with Crippen molar-refractivity contribution in [2.24, 2.45) is 0 Å². The van der Waals surface area contributed by atoms with Crippen LogP contribution >= 0.6 is 0 Å². The first-order valence-electron chi connectivity index (χ1n) is 4.34. The average molecular weight is 174 g/mol. The maximum absolute atomic E-state index is 8.66. The van der Waals surface area contributed by atoms with Gasteiger partial charge in [0.05, 0.1) is 0 Å². The summed E-state index contributed by atoms with van der Waals surface area (Å²) < 4.78 is 0. The van der Waals surface area contributed by atoms with E-state index in [1.54, 1.807) is 0 Å². The lowest BCUT2D eigenvalue weighted by Gasteiger charge is -2.23. The van der Waals surface area contributed by atoms with Crippen molar-refractivity contribution in [2.45, 2.75) is 25.2 Å². The Morgan fingerprint density at radius 1 is 1.46 bits per heavy atom. The van der Waals surface area contributed by atoms with Crippen LogP contribution in [0.4, 0.5) is 5.82 Å². The van der Waals surface area contributed by atoms with Gasteiger partial charge in [0.25, 0.3) is 0 Å². The zero-order chi connectivity index (χ0) is 9.26. The second-order valence-corrected chi connectivity index (χ2v) is 3.28. The second-order valence-electron chi connectivity index (χ2n) is 3.28. The lowest BCUT2D eigenvalue weighted by molar-refractivity contribution is 0.401. The van der Waals surface area contributed by atoms with Crippen LogP contribution in [0, 0.1) is 11.3 Å². The highest BCUT2D eigenvalue weighted by Gasteiger charge is 2.22. The Morgan fingerprint density at radius 2 is 2.23 bits per heavy atom. The first kappa shape index (κ1) is 7.99. The number of hydrogen-bond acceptors (Lipinski definition) is 4. The predicted molar refractivity (Wildman–Crippen MR) is 47.8 cm³/mol. The highest BCUT2D eigenvalue weighted by Crippen LogP contribution is 2.34. The van der Waals surface area contributed by atoms with Crippen LogP contribution in [0.1, 0.15) is 36.7 Å². The fourth-order valence-electron chi connectivity index (χ4n) is 1.39. The molecule has 4 heteroatoms. The molecule has 1 aromatic heterocycles. The third kappa shape index (κ3) is 1.45. The number of rotatable bonds is 1. The van der Waals surface area contributed by atoms with Crippen LogP contribution in [0.2, 0.25) is 0 Å². The first-order valence-corrected chi connectivity index (χ1v) is 4.34. The number of aromatic nitrogens is 2. The molecule has 0 radical (unpaired) electrons. The number of hydrogen-bond donors (Lipinski definition) is 1. The molecule has 0 saturated heterocycles. The summed E-state index contributed by atoms with van der Waals surface area (Å²) in [5.41, 5.74) is 5.92. The molecule has 0 amide bonds. The molecular formula is C9H10N4. The molecule has 0 atom stereocenters. The fraction of sp³-hybridized carbons (Fsp3) is 0.444. The van der Waals surface area contributed by atoms with E-state index in [1.165, 1.54) is 12.5 Å². The summed E-state index contributed by atoms with van der Waals surface area (Å²) in [7, 11) is 0. The molecule has 0 unspecified atom stereocenters. The van der Waals surface area contributed by atoms with Crippen LogP contribution in [0.3, 0.4) is 0 Å². The van der Waals surface area contributed by atoms with Crippen molar-refractivity contribution in [3.63, 3.8) is 0 Å². The van der Waals surface area contributed by atoms with Crippen LogP contribution in [-0.2, 0) is 0 Å². The highest BCUT2D eigenvalue weighted by atomic mass is 15.0. The quantitative estimate of drug-likeness (QED) is 0.694. The minimum atomic E-state index is 0.370. The lowest BCUT2D eigenvalue weighted by Crippen LogP contribution is -2.14. The van der Waals surface area contributed by atoms with Crippen molar-refractivity contribution in [3.05, 3.63) is 17.6 Å². The molecule has 0 aliphatic heterocycles. The largest absolute Gasteiger partial charge is 0.384 e. The third-order valence-electron chi connectivity index (χ3n) is 2.35. The van der Waals surface area contributed by atoms with Gasteiger partial charge in [0.15, 0.2) is 0 Å². The molecule has 1 heterocycles. The molecule has 4 nitrogen and oxygen atoms in total. The summed E-state index contributed by atoms with van der Waals surface area (Å²) in [6.45, 7) is 0. The van der Waals surface area contributed by atoms with Gasteiger partial charge in [-0.3, -0.25) is 0 Å². The van der Waals surface area contributed by atoms with Crippen molar-refractivity contribution in [2.75, 3.05) is 5.73 Å². The predicted octanol–water partition coefficient (Wildman–Crippen LogP) is 1.20. The van der Waals surface area contributed by atoms with Crippen LogP contribution in [-0.4, -0.2) is 9.97 Å². The number of nitriles is 1. The molecule has 1 aliphatic carbocycles. The van der Waals surface area contributed by atoms with Gasteiger partial charge in [0.2, 0.25) is 0 Å². The van der Waals surface area contributed by atoms with Gasteiger partial charge in [0, 0.05) is 12.0 Å². The molecule has 2 rings (SSSR count). The molecule has 0 aromatic carbocycles. The van der Waals surface area contributed by atoms with E-state index in [1.807, 2.05) is 6.07 Å². The van der Waals surface area contributed by atoms with Crippen molar-refractivity contribution in [3.8, 4) is 6.07 Å². The third-order valence-corrected chi connectivity index (χ3v) is 2.35. The fourth-order valence-corrected chi connectivity index (χ4v) is 1.39. The van der Waals surface area contributed by atoms with Gasteiger partial charge in [-0.15, -0.1) is 0 Å². The Kier molecular flexibility index (Phi) is 1.85. The van der Waals surface area contributed by atoms with Crippen molar-refractivity contribution >= 4 is 5.82 Å². The Bertz CT molecular complexity index is 362. The molecule has 1 aliphatic rings. The molecule has 0 spiro atoms. The Balaban J connectivity index is 2.35. The Labute approximate surface area is 76.4 Å². The summed E-state index contributed by atoms with van der Waals surface area (Å²) in [4.78, 5) is 8.24. The van der Waals surface area contributed by atoms with Gasteiger partial charge in [0.1, 0.15) is 23.4 Å². The minimum Gasteiger partial charge on any atom is -0.384 e. The molecule has 1 fully saturated rings. The Morgan fingerprint density at radius 3 is 2.77 bits per heavy atom. The van der Waals surface area contributed by atoms with Gasteiger partial charge in [-0.2, -0.15) is 5.26 Å². The maximum Gasteiger partial charge on any atom is 0.146 e. The number of nitrogens with zero attached hydrogens (tertiary/aromatic N) is 3. The van der Waals surface area contributed by atoms with Crippen LogP contribution in [0.15, 0.2) is 6.07 Å². The van der Waals surface area contributed by atoms with E-state index < -0.39 is 0 Å². The molecular weight excluding hydrogens is 164 g/mol. The van der Waals surface area contributed by atoms with E-state index in [2.05, 4.69) is 9.97 Å². The molecule has 1 saturated carbocycles. The Hall–Kier alpha value is -1.63.